The van der Waals surface area contributed by atoms with Crippen LogP contribution in [0.15, 0.2) is 4.52 Å². The highest BCUT2D eigenvalue weighted by Crippen LogP contribution is 2.33. The zero-order chi connectivity index (χ0) is 12.3. The minimum Gasteiger partial charge on any atom is -0.468 e. The van der Waals surface area contributed by atoms with Crippen LogP contribution in [0.4, 0.5) is 0 Å². The highest BCUT2D eigenvalue weighted by molar-refractivity contribution is 5.76. The average molecular weight is 239 g/mol. The van der Waals surface area contributed by atoms with Gasteiger partial charge in [-0.2, -0.15) is 4.98 Å². The SMILES string of the molecule is COC(=O)C(NCCc1nc(C)no1)C1CC1. The molecule has 1 fully saturated rings. The van der Waals surface area contributed by atoms with Crippen molar-refractivity contribution in [1.82, 2.24) is 15.5 Å². The van der Waals surface area contributed by atoms with E-state index >= 15 is 0 Å². The molecule has 0 aromatic carbocycles. The van der Waals surface area contributed by atoms with Crippen LogP contribution < -0.4 is 5.32 Å². The topological polar surface area (TPSA) is 77.2 Å². The number of aryl methyl sites for hydroxylation is 1. The molecule has 0 aliphatic heterocycles. The molecule has 1 aliphatic rings. The van der Waals surface area contributed by atoms with Crippen LogP contribution >= 0.6 is 0 Å². The summed E-state index contributed by atoms with van der Waals surface area (Å²) in [6.45, 7) is 2.42. The highest BCUT2D eigenvalue weighted by atomic mass is 16.5. The van der Waals surface area contributed by atoms with E-state index in [1.165, 1.54) is 7.11 Å². The third-order valence-corrected chi connectivity index (χ3v) is 2.82. The van der Waals surface area contributed by atoms with Gasteiger partial charge >= 0.3 is 5.97 Å². The molecule has 1 N–H and O–H groups in total. The van der Waals surface area contributed by atoms with Crippen molar-refractivity contribution in [2.24, 2.45) is 5.92 Å². The maximum Gasteiger partial charge on any atom is 0.323 e. The van der Waals surface area contributed by atoms with Crippen molar-refractivity contribution in [1.29, 1.82) is 0 Å². The summed E-state index contributed by atoms with van der Waals surface area (Å²) in [5.41, 5.74) is 0. The molecule has 1 aliphatic carbocycles. The molecule has 1 aromatic heterocycles. The van der Waals surface area contributed by atoms with E-state index in [1.54, 1.807) is 6.92 Å². The van der Waals surface area contributed by atoms with Crippen LogP contribution in [0.25, 0.3) is 0 Å². The van der Waals surface area contributed by atoms with Gasteiger partial charge < -0.3 is 14.6 Å². The number of nitrogens with zero attached hydrogens (tertiary/aromatic N) is 2. The van der Waals surface area contributed by atoms with Crippen molar-refractivity contribution in [2.75, 3.05) is 13.7 Å². The molecule has 1 saturated carbocycles. The van der Waals surface area contributed by atoms with Crippen molar-refractivity contribution in [3.05, 3.63) is 11.7 Å². The van der Waals surface area contributed by atoms with E-state index in [0.717, 1.165) is 12.8 Å². The molecule has 6 nitrogen and oxygen atoms in total. The lowest BCUT2D eigenvalue weighted by Crippen LogP contribution is -2.40. The number of carbonyl (C=O) groups excluding carboxylic acids is 1. The van der Waals surface area contributed by atoms with Crippen molar-refractivity contribution < 1.29 is 14.1 Å². The zero-order valence-electron chi connectivity index (χ0n) is 10.1. The minimum absolute atomic E-state index is 0.186. The molecule has 0 saturated heterocycles. The number of hydrogen-bond acceptors (Lipinski definition) is 6. The fourth-order valence-electron chi connectivity index (χ4n) is 1.78. The first-order chi connectivity index (χ1) is 8.20. The Labute approximate surface area is 99.7 Å². The van der Waals surface area contributed by atoms with Crippen LogP contribution in [0.2, 0.25) is 0 Å². The molecule has 0 spiro atoms. The molecule has 0 radical (unpaired) electrons. The monoisotopic (exact) mass is 239 g/mol. The predicted molar refractivity (Wildman–Crippen MR) is 59.3 cm³/mol. The van der Waals surface area contributed by atoms with Gasteiger partial charge in [-0.3, -0.25) is 4.79 Å². The van der Waals surface area contributed by atoms with E-state index in [-0.39, 0.29) is 12.0 Å². The largest absolute Gasteiger partial charge is 0.468 e. The highest BCUT2D eigenvalue weighted by Gasteiger charge is 2.36. The van der Waals surface area contributed by atoms with Gasteiger partial charge in [0.1, 0.15) is 6.04 Å². The second kappa shape index (κ2) is 5.27. The van der Waals surface area contributed by atoms with Crippen molar-refractivity contribution in [3.8, 4) is 0 Å². The number of methoxy groups -OCH3 is 1. The Morgan fingerprint density at radius 3 is 2.94 bits per heavy atom. The molecule has 1 aromatic rings. The van der Waals surface area contributed by atoms with Gasteiger partial charge in [-0.1, -0.05) is 5.16 Å². The molecule has 1 heterocycles. The van der Waals surface area contributed by atoms with Gasteiger partial charge in [-0.05, 0) is 25.7 Å². The summed E-state index contributed by atoms with van der Waals surface area (Å²) in [5.74, 6) is 1.46. The van der Waals surface area contributed by atoms with Crippen molar-refractivity contribution >= 4 is 5.97 Å². The van der Waals surface area contributed by atoms with Crippen molar-refractivity contribution in [3.63, 3.8) is 0 Å². The van der Waals surface area contributed by atoms with Gasteiger partial charge in [0, 0.05) is 13.0 Å². The van der Waals surface area contributed by atoms with Gasteiger partial charge in [0.2, 0.25) is 5.89 Å². The van der Waals surface area contributed by atoms with E-state index in [1.807, 2.05) is 0 Å². The quantitative estimate of drug-likeness (QED) is 0.727. The Morgan fingerprint density at radius 1 is 1.65 bits per heavy atom. The van der Waals surface area contributed by atoms with E-state index in [4.69, 9.17) is 9.26 Å². The Kier molecular flexibility index (Phi) is 3.73. The molecule has 94 valence electrons. The van der Waals surface area contributed by atoms with E-state index in [0.29, 0.717) is 30.6 Å². The van der Waals surface area contributed by atoms with Crippen LogP contribution in [-0.2, 0) is 16.0 Å². The molecule has 0 bridgehead atoms. The third kappa shape index (κ3) is 3.26. The lowest BCUT2D eigenvalue weighted by molar-refractivity contribution is -0.143. The lowest BCUT2D eigenvalue weighted by Gasteiger charge is -2.14. The van der Waals surface area contributed by atoms with E-state index in [9.17, 15) is 4.79 Å². The summed E-state index contributed by atoms with van der Waals surface area (Å²) < 4.78 is 9.76. The summed E-state index contributed by atoms with van der Waals surface area (Å²) in [6, 6.07) is -0.191. The van der Waals surface area contributed by atoms with Gasteiger partial charge in [-0.15, -0.1) is 0 Å². The first-order valence-electron chi connectivity index (χ1n) is 5.81. The number of rotatable bonds is 6. The summed E-state index contributed by atoms with van der Waals surface area (Å²) in [6.07, 6.45) is 2.81. The molecule has 1 unspecified atom stereocenters. The van der Waals surface area contributed by atoms with Gasteiger partial charge in [0.15, 0.2) is 5.82 Å². The number of aromatic nitrogens is 2. The fraction of sp³-hybridized carbons (Fsp3) is 0.727. The summed E-state index contributed by atoms with van der Waals surface area (Å²) in [5, 5.41) is 6.90. The molecule has 17 heavy (non-hydrogen) atoms. The smallest absolute Gasteiger partial charge is 0.323 e. The molecule has 6 heteroatoms. The number of nitrogens with one attached hydrogen (secondary N) is 1. The summed E-state index contributed by atoms with van der Waals surface area (Å²) >= 11 is 0. The van der Waals surface area contributed by atoms with Crippen LogP contribution in [0.3, 0.4) is 0 Å². The van der Waals surface area contributed by atoms with Crippen LogP contribution in [-0.4, -0.2) is 35.8 Å². The average Bonchev–Trinajstić information content (AvgIpc) is 3.07. The third-order valence-electron chi connectivity index (χ3n) is 2.82. The van der Waals surface area contributed by atoms with Crippen LogP contribution in [0.5, 0.6) is 0 Å². The normalized spacial score (nSPS) is 16.8. The van der Waals surface area contributed by atoms with E-state index in [2.05, 4.69) is 15.5 Å². The fourth-order valence-corrected chi connectivity index (χ4v) is 1.78. The molecule has 1 atom stereocenters. The predicted octanol–water partition coefficient (Wildman–Crippen LogP) is 0.462. The molecular weight excluding hydrogens is 222 g/mol. The first-order valence-corrected chi connectivity index (χ1v) is 5.81. The standard InChI is InChI=1S/C11H17N3O3/c1-7-13-9(17-14-7)5-6-12-10(8-3-4-8)11(15)16-2/h8,10,12H,3-6H2,1-2H3. The molecule has 2 rings (SSSR count). The van der Waals surface area contributed by atoms with Gasteiger partial charge in [-0.25, -0.2) is 0 Å². The number of esters is 1. The van der Waals surface area contributed by atoms with E-state index < -0.39 is 0 Å². The zero-order valence-corrected chi connectivity index (χ0v) is 10.1. The Balaban J connectivity index is 1.77. The maximum atomic E-state index is 11.5. The Hall–Kier alpha value is -1.43. The van der Waals surface area contributed by atoms with Crippen molar-refractivity contribution in [2.45, 2.75) is 32.2 Å². The molecule has 0 amide bonds. The van der Waals surface area contributed by atoms with Gasteiger partial charge in [0.25, 0.3) is 0 Å². The van der Waals surface area contributed by atoms with Crippen LogP contribution in [0.1, 0.15) is 24.6 Å². The second-order valence-electron chi connectivity index (χ2n) is 4.28. The molecular formula is C11H17N3O3. The number of ether oxygens (including phenoxy) is 1. The second-order valence-corrected chi connectivity index (χ2v) is 4.28. The number of hydrogen-bond donors (Lipinski definition) is 1. The Bertz CT molecular complexity index is 387. The van der Waals surface area contributed by atoms with Gasteiger partial charge in [0.05, 0.1) is 7.11 Å². The minimum atomic E-state index is -0.191. The maximum absolute atomic E-state index is 11.5. The summed E-state index contributed by atoms with van der Waals surface area (Å²) in [4.78, 5) is 15.6. The number of carbonyl (C=O) groups is 1. The Morgan fingerprint density at radius 2 is 2.41 bits per heavy atom. The lowest BCUT2D eigenvalue weighted by atomic mass is 10.2. The first kappa shape index (κ1) is 12.0. The van der Waals surface area contributed by atoms with Crippen LogP contribution in [0, 0.1) is 12.8 Å². The summed E-state index contributed by atoms with van der Waals surface area (Å²) in [7, 11) is 1.42.